The minimum absolute atomic E-state index is 0.180. The van der Waals surface area contributed by atoms with Crippen molar-refractivity contribution in [3.8, 4) is 0 Å². The van der Waals surface area contributed by atoms with Crippen molar-refractivity contribution in [2.24, 2.45) is 7.05 Å². The van der Waals surface area contributed by atoms with Crippen molar-refractivity contribution in [2.75, 3.05) is 0 Å². The molecule has 1 aromatic carbocycles. The maximum Gasteiger partial charge on any atom is 0.332 e. The Morgan fingerprint density at radius 3 is 2.36 bits per heavy atom. The van der Waals surface area contributed by atoms with Crippen LogP contribution in [-0.4, -0.2) is 23.1 Å². The van der Waals surface area contributed by atoms with Crippen LogP contribution in [0.2, 0.25) is 5.02 Å². The molecule has 7 nitrogen and oxygen atoms in total. The van der Waals surface area contributed by atoms with E-state index in [4.69, 9.17) is 11.6 Å². The highest BCUT2D eigenvalue weighted by Crippen LogP contribution is 2.21. The third-order valence-corrected chi connectivity index (χ3v) is 5.58. The fraction of sp³-hybridized carbons (Fsp3) is 0.350. The summed E-state index contributed by atoms with van der Waals surface area (Å²) in [6.45, 7) is 7.09. The van der Waals surface area contributed by atoms with Crippen molar-refractivity contribution in [1.29, 1.82) is 0 Å². The van der Waals surface area contributed by atoms with Crippen molar-refractivity contribution < 1.29 is 0 Å². The molecule has 0 bridgehead atoms. The van der Waals surface area contributed by atoms with Crippen molar-refractivity contribution >= 4 is 28.5 Å². The van der Waals surface area contributed by atoms with Gasteiger partial charge in [-0.1, -0.05) is 30.7 Å². The largest absolute Gasteiger partial charge is 0.332 e. The monoisotopic (exact) mass is 399 g/mol. The summed E-state index contributed by atoms with van der Waals surface area (Å²) in [6, 6.07) is 7.13. The second-order valence-corrected chi connectivity index (χ2v) is 7.54. The minimum atomic E-state index is -0.385. The Balaban J connectivity index is 2.04. The average molecular weight is 400 g/mol. The van der Waals surface area contributed by atoms with Crippen LogP contribution in [0.5, 0.6) is 0 Å². The normalized spacial score (nSPS) is 11.8. The molecule has 8 heteroatoms. The maximum absolute atomic E-state index is 13.3. The van der Waals surface area contributed by atoms with Crippen LogP contribution in [0.25, 0.3) is 16.9 Å². The number of fused-ring (bicyclic) bond motifs is 3. The number of aromatic nitrogens is 5. The van der Waals surface area contributed by atoms with Crippen LogP contribution in [0.4, 0.5) is 0 Å². The van der Waals surface area contributed by atoms with Crippen LogP contribution in [0.3, 0.4) is 0 Å². The van der Waals surface area contributed by atoms with E-state index in [1.807, 2.05) is 30.4 Å². The molecule has 0 radical (unpaired) electrons. The van der Waals surface area contributed by atoms with E-state index in [1.165, 1.54) is 9.13 Å². The van der Waals surface area contributed by atoms with Crippen LogP contribution in [0.15, 0.2) is 33.9 Å². The van der Waals surface area contributed by atoms with Gasteiger partial charge >= 0.3 is 5.69 Å². The molecule has 0 saturated heterocycles. The zero-order chi connectivity index (χ0) is 20.2. The summed E-state index contributed by atoms with van der Waals surface area (Å²) in [5, 5.41) is 0.611. The van der Waals surface area contributed by atoms with Crippen molar-refractivity contribution in [2.45, 2.75) is 40.3 Å². The van der Waals surface area contributed by atoms with Gasteiger partial charge in [0.2, 0.25) is 5.78 Å². The Hall–Kier alpha value is -2.80. The molecule has 0 unspecified atom stereocenters. The van der Waals surface area contributed by atoms with Gasteiger partial charge in [0.15, 0.2) is 11.2 Å². The van der Waals surface area contributed by atoms with Gasteiger partial charge in [-0.15, -0.1) is 0 Å². The second-order valence-electron chi connectivity index (χ2n) is 7.10. The molecule has 4 aromatic rings. The highest BCUT2D eigenvalue weighted by Gasteiger charge is 2.22. The maximum atomic E-state index is 13.3. The molecule has 146 valence electrons. The number of benzene rings is 1. The quantitative estimate of drug-likeness (QED) is 0.530. The molecule has 28 heavy (non-hydrogen) atoms. The van der Waals surface area contributed by atoms with E-state index in [0.29, 0.717) is 22.0 Å². The first-order chi connectivity index (χ1) is 13.3. The standard InChI is InChI=1S/C20H22ClN5O2/c1-5-10-24-12(2)13(3)26-16-17(22-19(24)26)23(4)20(28)25(18(16)27)11-14-6-8-15(21)9-7-14/h6-9H,5,10-11H2,1-4H3. The molecule has 3 aromatic heterocycles. The summed E-state index contributed by atoms with van der Waals surface area (Å²) in [6.07, 6.45) is 0.952. The van der Waals surface area contributed by atoms with Gasteiger partial charge in [0.05, 0.1) is 6.54 Å². The van der Waals surface area contributed by atoms with Gasteiger partial charge in [0, 0.05) is 30.0 Å². The van der Waals surface area contributed by atoms with Gasteiger partial charge < -0.3 is 4.57 Å². The predicted octanol–water partition coefficient (Wildman–Crippen LogP) is 2.88. The predicted molar refractivity (Wildman–Crippen MR) is 111 cm³/mol. The first-order valence-electron chi connectivity index (χ1n) is 9.27. The lowest BCUT2D eigenvalue weighted by Gasteiger charge is -2.09. The summed E-state index contributed by atoms with van der Waals surface area (Å²) >= 11 is 5.94. The number of rotatable bonds is 4. The summed E-state index contributed by atoms with van der Waals surface area (Å²) in [5.41, 5.74) is 2.98. The zero-order valence-electron chi connectivity index (χ0n) is 16.4. The van der Waals surface area contributed by atoms with Crippen LogP contribution in [-0.2, 0) is 20.1 Å². The number of aryl methyl sites for hydroxylation is 3. The van der Waals surface area contributed by atoms with Crippen LogP contribution in [0.1, 0.15) is 30.3 Å². The van der Waals surface area contributed by atoms with Crippen molar-refractivity contribution in [3.63, 3.8) is 0 Å². The van der Waals surface area contributed by atoms with Crippen molar-refractivity contribution in [1.82, 2.24) is 23.1 Å². The van der Waals surface area contributed by atoms with E-state index in [0.717, 1.165) is 29.9 Å². The molecular weight excluding hydrogens is 378 g/mol. The molecule has 0 aliphatic rings. The fourth-order valence-electron chi connectivity index (χ4n) is 3.72. The number of imidazole rings is 2. The second kappa shape index (κ2) is 6.67. The summed E-state index contributed by atoms with van der Waals surface area (Å²) in [7, 11) is 1.65. The summed E-state index contributed by atoms with van der Waals surface area (Å²) in [4.78, 5) is 30.9. The number of nitrogens with zero attached hydrogens (tertiary/aromatic N) is 5. The molecule has 0 atom stereocenters. The van der Waals surface area contributed by atoms with E-state index >= 15 is 0 Å². The molecule has 0 amide bonds. The lowest BCUT2D eigenvalue weighted by Crippen LogP contribution is -2.39. The van der Waals surface area contributed by atoms with E-state index in [2.05, 4.69) is 16.5 Å². The Morgan fingerprint density at radius 2 is 1.71 bits per heavy atom. The molecule has 0 aliphatic carbocycles. The Kier molecular flexibility index (Phi) is 4.42. The van der Waals surface area contributed by atoms with Gasteiger partial charge in [0.25, 0.3) is 5.56 Å². The average Bonchev–Trinajstić information content (AvgIpc) is 3.17. The lowest BCUT2D eigenvalue weighted by molar-refractivity contribution is 0.655. The number of hydrogen-bond donors (Lipinski definition) is 0. The zero-order valence-corrected chi connectivity index (χ0v) is 17.1. The number of hydrogen-bond acceptors (Lipinski definition) is 3. The first-order valence-corrected chi connectivity index (χ1v) is 9.65. The van der Waals surface area contributed by atoms with E-state index in [-0.39, 0.29) is 17.8 Å². The molecule has 0 fully saturated rings. The van der Waals surface area contributed by atoms with E-state index in [9.17, 15) is 9.59 Å². The van der Waals surface area contributed by atoms with Crippen LogP contribution in [0, 0.1) is 13.8 Å². The SMILES string of the molecule is CCCn1c(C)c(C)n2c3c(=O)n(Cc4ccc(Cl)cc4)c(=O)n(C)c3nc12. The molecule has 0 saturated carbocycles. The van der Waals surface area contributed by atoms with Gasteiger partial charge in [-0.25, -0.2) is 4.79 Å². The summed E-state index contributed by atoms with van der Waals surface area (Å²) < 4.78 is 6.68. The Morgan fingerprint density at radius 1 is 1.04 bits per heavy atom. The van der Waals surface area contributed by atoms with E-state index in [1.54, 1.807) is 19.2 Å². The molecular formula is C20H22ClN5O2. The first kappa shape index (κ1) is 18.6. The van der Waals surface area contributed by atoms with Crippen molar-refractivity contribution in [3.05, 3.63) is 67.1 Å². The van der Waals surface area contributed by atoms with Gasteiger partial charge in [-0.2, -0.15) is 4.98 Å². The van der Waals surface area contributed by atoms with Gasteiger partial charge in [0.1, 0.15) is 0 Å². The molecule has 0 aliphatic heterocycles. The molecule has 0 spiro atoms. The van der Waals surface area contributed by atoms with E-state index < -0.39 is 0 Å². The molecule has 0 N–H and O–H groups in total. The lowest BCUT2D eigenvalue weighted by atomic mass is 10.2. The van der Waals surface area contributed by atoms with Crippen LogP contribution >= 0.6 is 11.6 Å². The third-order valence-electron chi connectivity index (χ3n) is 5.33. The van der Waals surface area contributed by atoms with Gasteiger partial charge in [-0.05, 0) is 38.0 Å². The Bertz CT molecular complexity index is 1320. The molecule has 4 rings (SSSR count). The smallest absolute Gasteiger partial charge is 0.314 e. The topological polar surface area (TPSA) is 66.2 Å². The highest BCUT2D eigenvalue weighted by atomic mass is 35.5. The minimum Gasteiger partial charge on any atom is -0.314 e. The fourth-order valence-corrected chi connectivity index (χ4v) is 3.84. The Labute approximate surface area is 166 Å². The molecule has 3 heterocycles. The summed E-state index contributed by atoms with van der Waals surface area (Å²) in [5.74, 6) is 0.697. The van der Waals surface area contributed by atoms with Gasteiger partial charge in [-0.3, -0.25) is 18.3 Å². The van der Waals surface area contributed by atoms with Crippen LogP contribution < -0.4 is 11.2 Å². The highest BCUT2D eigenvalue weighted by molar-refractivity contribution is 6.30. The number of halogens is 1. The third kappa shape index (κ3) is 2.61.